The zero-order valence-corrected chi connectivity index (χ0v) is 20.3. The number of piperidine rings is 1. The van der Waals surface area contributed by atoms with Crippen molar-refractivity contribution in [2.24, 2.45) is 0 Å². The summed E-state index contributed by atoms with van der Waals surface area (Å²) in [6.45, 7) is 3.87. The van der Waals surface area contributed by atoms with Crippen molar-refractivity contribution < 1.29 is 19.2 Å². The molecule has 2 aromatic carbocycles. The molecule has 0 N–H and O–H groups in total. The maximum atomic E-state index is 13.2. The third kappa shape index (κ3) is 4.58. The number of nitrogens with zero attached hydrogens (tertiary/aromatic N) is 4. The highest BCUT2D eigenvalue weighted by Crippen LogP contribution is 2.40. The van der Waals surface area contributed by atoms with Crippen LogP contribution in [0.5, 0.6) is 5.75 Å². The summed E-state index contributed by atoms with van der Waals surface area (Å²) in [7, 11) is 2.03. The Labute approximate surface area is 208 Å². The third-order valence-corrected chi connectivity index (χ3v) is 7.51. The van der Waals surface area contributed by atoms with Gasteiger partial charge in [-0.1, -0.05) is 11.6 Å². The van der Waals surface area contributed by atoms with E-state index in [-0.39, 0.29) is 23.8 Å². The highest BCUT2D eigenvalue weighted by atomic mass is 35.5. The molecule has 5 rings (SSSR count). The highest BCUT2D eigenvalue weighted by molar-refractivity contribution is 6.31. The number of hydrogen-bond acceptors (Lipinski definition) is 7. The molecule has 1 amide bonds. The van der Waals surface area contributed by atoms with Crippen LogP contribution >= 0.6 is 11.6 Å². The first-order valence-corrected chi connectivity index (χ1v) is 12.2. The number of halogens is 1. The maximum Gasteiger partial charge on any atom is 0.293 e. The van der Waals surface area contributed by atoms with Crippen LogP contribution in [0.1, 0.15) is 40.0 Å². The molecular weight excluding hydrogens is 472 g/mol. The maximum absolute atomic E-state index is 13.2. The number of likely N-dealkylation sites (N-methyl/N-ethyl adjacent to an activating group) is 1. The predicted molar refractivity (Wildman–Crippen MR) is 132 cm³/mol. The number of ether oxygens (including phenoxy) is 1. The molecule has 184 valence electrons. The van der Waals surface area contributed by atoms with Crippen LogP contribution in [-0.4, -0.2) is 78.3 Å². The topological polar surface area (TPSA) is 96.2 Å². The fourth-order valence-corrected chi connectivity index (χ4v) is 5.33. The number of benzene rings is 2. The van der Waals surface area contributed by atoms with Gasteiger partial charge in [0.15, 0.2) is 5.78 Å². The number of likely N-dealkylation sites (tertiary alicyclic amines) is 1. The summed E-state index contributed by atoms with van der Waals surface area (Å²) < 4.78 is 6.24. The zero-order chi connectivity index (χ0) is 24.7. The molecule has 2 saturated heterocycles. The van der Waals surface area contributed by atoms with E-state index in [0.29, 0.717) is 66.6 Å². The normalized spacial score (nSPS) is 19.9. The quantitative estimate of drug-likeness (QED) is 0.471. The number of amides is 1. The lowest BCUT2D eigenvalue weighted by Gasteiger charge is -2.44. The smallest absolute Gasteiger partial charge is 0.293 e. The molecule has 1 spiro atoms. The van der Waals surface area contributed by atoms with Crippen LogP contribution < -0.4 is 9.64 Å². The second-order valence-electron chi connectivity index (χ2n) is 9.57. The summed E-state index contributed by atoms with van der Waals surface area (Å²) in [6, 6.07) is 9.80. The number of ketones is 1. The van der Waals surface area contributed by atoms with E-state index in [1.165, 1.54) is 6.07 Å². The minimum atomic E-state index is -0.647. The lowest BCUT2D eigenvalue weighted by molar-refractivity contribution is -0.384. The van der Waals surface area contributed by atoms with Crippen LogP contribution in [0.4, 0.5) is 11.4 Å². The summed E-state index contributed by atoms with van der Waals surface area (Å²) in [5.41, 5.74) is 0.641. The molecule has 0 aromatic heterocycles. The summed E-state index contributed by atoms with van der Waals surface area (Å²) in [6.07, 6.45) is 1.26. The molecule has 0 bridgehead atoms. The van der Waals surface area contributed by atoms with Crippen molar-refractivity contribution in [3.05, 3.63) is 62.7 Å². The second-order valence-corrected chi connectivity index (χ2v) is 10.0. The monoisotopic (exact) mass is 498 g/mol. The van der Waals surface area contributed by atoms with Gasteiger partial charge in [0.1, 0.15) is 17.0 Å². The molecule has 3 aliphatic rings. The Morgan fingerprint density at radius 1 is 1.06 bits per heavy atom. The van der Waals surface area contributed by atoms with Crippen LogP contribution in [0.2, 0.25) is 5.02 Å². The molecule has 2 fully saturated rings. The molecule has 10 heteroatoms. The van der Waals surface area contributed by atoms with Gasteiger partial charge in [0.2, 0.25) is 0 Å². The Balaban J connectivity index is 1.30. The molecule has 0 unspecified atom stereocenters. The number of carbonyl (C=O) groups is 2. The number of Topliss-reactive ketones (excluding diaryl/α,β-unsaturated/α-hetero) is 1. The number of carbonyl (C=O) groups excluding carboxylic acids is 2. The van der Waals surface area contributed by atoms with E-state index in [1.54, 1.807) is 35.2 Å². The predicted octanol–water partition coefficient (Wildman–Crippen LogP) is 3.64. The Morgan fingerprint density at radius 2 is 1.77 bits per heavy atom. The van der Waals surface area contributed by atoms with Gasteiger partial charge in [-0.05, 0) is 37.4 Å². The van der Waals surface area contributed by atoms with Gasteiger partial charge < -0.3 is 19.4 Å². The molecule has 0 aliphatic carbocycles. The van der Waals surface area contributed by atoms with Crippen LogP contribution in [-0.2, 0) is 0 Å². The van der Waals surface area contributed by atoms with Gasteiger partial charge >= 0.3 is 0 Å². The third-order valence-electron chi connectivity index (χ3n) is 7.28. The second kappa shape index (κ2) is 9.13. The van der Waals surface area contributed by atoms with Crippen molar-refractivity contribution in [2.45, 2.75) is 24.9 Å². The molecule has 2 aromatic rings. The van der Waals surface area contributed by atoms with Gasteiger partial charge in [0.25, 0.3) is 11.6 Å². The van der Waals surface area contributed by atoms with Crippen molar-refractivity contribution in [3.63, 3.8) is 0 Å². The Morgan fingerprint density at radius 3 is 2.46 bits per heavy atom. The van der Waals surface area contributed by atoms with Crippen LogP contribution in [0.25, 0.3) is 0 Å². The van der Waals surface area contributed by atoms with Crippen molar-refractivity contribution in [1.82, 2.24) is 9.80 Å². The number of anilines is 1. The molecule has 3 aliphatic heterocycles. The number of nitro groups is 1. The average Bonchev–Trinajstić information content (AvgIpc) is 2.85. The molecule has 3 heterocycles. The van der Waals surface area contributed by atoms with E-state index in [0.717, 1.165) is 13.1 Å². The Bertz CT molecular complexity index is 1190. The van der Waals surface area contributed by atoms with Crippen molar-refractivity contribution in [1.29, 1.82) is 0 Å². The van der Waals surface area contributed by atoms with Crippen LogP contribution in [0.15, 0.2) is 36.4 Å². The van der Waals surface area contributed by atoms with Crippen molar-refractivity contribution in [3.8, 4) is 5.75 Å². The van der Waals surface area contributed by atoms with Gasteiger partial charge in [-0.25, -0.2) is 0 Å². The van der Waals surface area contributed by atoms with E-state index >= 15 is 0 Å². The van der Waals surface area contributed by atoms with E-state index in [1.807, 2.05) is 11.9 Å². The number of nitro benzene ring substituents is 1. The Kier molecular flexibility index (Phi) is 6.14. The van der Waals surface area contributed by atoms with E-state index in [9.17, 15) is 19.7 Å². The number of fused-ring (bicyclic) bond motifs is 1. The number of piperazine rings is 1. The van der Waals surface area contributed by atoms with E-state index in [4.69, 9.17) is 16.3 Å². The molecular formula is C25H27ClN4O5. The summed E-state index contributed by atoms with van der Waals surface area (Å²) in [4.78, 5) is 43.2. The summed E-state index contributed by atoms with van der Waals surface area (Å²) in [5, 5.41) is 12.3. The first kappa shape index (κ1) is 23.6. The fraction of sp³-hybridized carbons (Fsp3) is 0.440. The van der Waals surface area contributed by atoms with Crippen LogP contribution in [0.3, 0.4) is 0 Å². The average molecular weight is 499 g/mol. The van der Waals surface area contributed by atoms with Crippen molar-refractivity contribution in [2.75, 3.05) is 51.2 Å². The molecule has 0 atom stereocenters. The Hall–Kier alpha value is -3.17. The minimum Gasteiger partial charge on any atom is -0.486 e. The van der Waals surface area contributed by atoms with Gasteiger partial charge in [-0.3, -0.25) is 19.7 Å². The van der Waals surface area contributed by atoms with E-state index in [2.05, 4.69) is 4.90 Å². The molecule has 35 heavy (non-hydrogen) atoms. The SMILES string of the molecule is CN1CCN(c2ccc(C(=O)N3CCC4(CC3)CC(=O)c3cc(Cl)ccc3O4)cc2[N+](=O)[O-])CC1. The first-order valence-electron chi connectivity index (χ1n) is 11.8. The molecule has 9 nitrogen and oxygen atoms in total. The minimum absolute atomic E-state index is 0.0105. The fourth-order valence-electron chi connectivity index (χ4n) is 5.16. The largest absolute Gasteiger partial charge is 0.486 e. The highest BCUT2D eigenvalue weighted by Gasteiger charge is 2.44. The lowest BCUT2D eigenvalue weighted by Crippen LogP contribution is -2.52. The lowest BCUT2D eigenvalue weighted by atomic mass is 9.82. The molecule has 0 saturated carbocycles. The van der Waals surface area contributed by atoms with Crippen LogP contribution in [0, 0.1) is 10.1 Å². The van der Waals surface area contributed by atoms with Gasteiger partial charge in [-0.15, -0.1) is 0 Å². The zero-order valence-electron chi connectivity index (χ0n) is 19.5. The van der Waals surface area contributed by atoms with Gasteiger partial charge in [0, 0.05) is 68.8 Å². The van der Waals surface area contributed by atoms with E-state index < -0.39 is 10.5 Å². The summed E-state index contributed by atoms with van der Waals surface area (Å²) >= 11 is 6.02. The summed E-state index contributed by atoms with van der Waals surface area (Å²) in [5.74, 6) is 0.270. The van der Waals surface area contributed by atoms with Gasteiger partial charge in [0.05, 0.1) is 16.9 Å². The number of rotatable bonds is 3. The van der Waals surface area contributed by atoms with Crippen molar-refractivity contribution >= 4 is 34.7 Å². The number of hydrogen-bond donors (Lipinski definition) is 0. The van der Waals surface area contributed by atoms with Gasteiger partial charge in [-0.2, -0.15) is 0 Å². The first-order chi connectivity index (χ1) is 16.7. The standard InChI is InChI=1S/C25H27ClN4O5/c1-27-10-12-28(13-11-27)20-4-2-17(14-21(20)30(33)34)24(32)29-8-6-25(7-9-29)16-22(31)19-15-18(26)3-5-23(19)35-25/h2-5,14-15H,6-13,16H2,1H3. The molecule has 0 radical (unpaired) electrons.